The van der Waals surface area contributed by atoms with E-state index in [-0.39, 0.29) is 0 Å². The van der Waals surface area contributed by atoms with Crippen molar-refractivity contribution in [3.8, 4) is 17.0 Å². The Morgan fingerprint density at radius 1 is 1.33 bits per heavy atom. The molecule has 3 aromatic rings. The van der Waals surface area contributed by atoms with Gasteiger partial charge in [-0.3, -0.25) is 0 Å². The number of pyridine rings is 1. The molecule has 0 spiro atoms. The maximum Gasteiger partial charge on any atom is 0.194 e. The van der Waals surface area contributed by atoms with E-state index in [0.717, 1.165) is 43.1 Å². The molecule has 2 atom stereocenters. The van der Waals surface area contributed by atoms with Gasteiger partial charge in [-0.25, -0.2) is 4.98 Å². The fraction of sp³-hybridized carbons (Fsp3) is 0.381. The Bertz CT molecular complexity index is 907. The lowest BCUT2D eigenvalue weighted by Gasteiger charge is -2.37. The van der Waals surface area contributed by atoms with Crippen molar-refractivity contribution in [1.82, 2.24) is 10.3 Å². The van der Waals surface area contributed by atoms with E-state index in [1.165, 1.54) is 10.1 Å². The zero-order chi connectivity index (χ0) is 18.8. The Labute approximate surface area is 163 Å². The third-order valence-electron chi connectivity index (χ3n) is 4.97. The number of rotatable bonds is 5. The number of hydrogen-bond donors (Lipinski definition) is 2. The highest BCUT2D eigenvalue weighted by molar-refractivity contribution is 7.17. The molecule has 1 aromatic carbocycles. The van der Waals surface area contributed by atoms with E-state index in [0.29, 0.717) is 11.8 Å². The van der Waals surface area contributed by atoms with Gasteiger partial charge in [0.25, 0.3) is 0 Å². The maximum atomic E-state index is 9.37. The number of thiophene rings is 1. The SMILES string of the molecule is CCC1CNCCN1c1nc(-c2ccc(OC(C)O)cc2)cc2ccsc12. The van der Waals surface area contributed by atoms with Gasteiger partial charge in [-0.2, -0.15) is 0 Å². The Kier molecular flexibility index (Phi) is 5.29. The van der Waals surface area contributed by atoms with Crippen molar-refractivity contribution < 1.29 is 9.84 Å². The van der Waals surface area contributed by atoms with Crippen LogP contribution < -0.4 is 15.0 Å². The number of piperazine rings is 1. The minimum absolute atomic E-state index is 0.466. The van der Waals surface area contributed by atoms with Crippen LogP contribution in [0.15, 0.2) is 41.8 Å². The first-order chi connectivity index (χ1) is 13.2. The highest BCUT2D eigenvalue weighted by Gasteiger charge is 2.24. The van der Waals surface area contributed by atoms with Gasteiger partial charge in [0.05, 0.1) is 10.4 Å². The van der Waals surface area contributed by atoms with Gasteiger partial charge in [0, 0.05) is 31.2 Å². The van der Waals surface area contributed by atoms with Crippen LogP contribution in [-0.4, -0.2) is 42.1 Å². The van der Waals surface area contributed by atoms with Gasteiger partial charge in [0.15, 0.2) is 6.29 Å². The quantitative estimate of drug-likeness (QED) is 0.655. The van der Waals surface area contributed by atoms with E-state index < -0.39 is 6.29 Å². The molecule has 6 heteroatoms. The minimum Gasteiger partial charge on any atom is -0.465 e. The summed E-state index contributed by atoms with van der Waals surface area (Å²) in [5, 5.41) is 16.2. The van der Waals surface area contributed by atoms with E-state index in [1.54, 1.807) is 18.3 Å². The lowest BCUT2D eigenvalue weighted by molar-refractivity contribution is -0.000282. The van der Waals surface area contributed by atoms with E-state index >= 15 is 0 Å². The van der Waals surface area contributed by atoms with Crippen LogP contribution in [0.2, 0.25) is 0 Å². The molecule has 2 unspecified atom stereocenters. The molecule has 4 rings (SSSR count). The first kappa shape index (κ1) is 18.2. The largest absolute Gasteiger partial charge is 0.465 e. The molecule has 1 saturated heterocycles. The van der Waals surface area contributed by atoms with Gasteiger partial charge in [0.1, 0.15) is 11.6 Å². The summed E-state index contributed by atoms with van der Waals surface area (Å²) in [6, 6.07) is 12.5. The predicted octanol–water partition coefficient (Wildman–Crippen LogP) is 3.87. The van der Waals surface area contributed by atoms with Gasteiger partial charge >= 0.3 is 0 Å². The smallest absolute Gasteiger partial charge is 0.194 e. The van der Waals surface area contributed by atoms with Crippen LogP contribution in [-0.2, 0) is 0 Å². The molecule has 1 fully saturated rings. The van der Waals surface area contributed by atoms with Gasteiger partial charge in [-0.15, -0.1) is 11.3 Å². The summed E-state index contributed by atoms with van der Waals surface area (Å²) >= 11 is 1.76. The molecule has 0 radical (unpaired) electrons. The van der Waals surface area contributed by atoms with Crippen LogP contribution in [0.25, 0.3) is 21.3 Å². The van der Waals surface area contributed by atoms with E-state index in [1.807, 2.05) is 24.3 Å². The molecule has 5 nitrogen and oxygen atoms in total. The molecule has 0 bridgehead atoms. The number of aromatic nitrogens is 1. The zero-order valence-electron chi connectivity index (χ0n) is 15.7. The average molecular weight is 384 g/mol. The second-order valence-electron chi connectivity index (χ2n) is 6.87. The zero-order valence-corrected chi connectivity index (χ0v) is 16.5. The molecule has 0 saturated carbocycles. The molecule has 142 valence electrons. The lowest BCUT2D eigenvalue weighted by atomic mass is 10.1. The average Bonchev–Trinajstić information content (AvgIpc) is 3.16. The van der Waals surface area contributed by atoms with Gasteiger partial charge in [0.2, 0.25) is 0 Å². The summed E-state index contributed by atoms with van der Waals surface area (Å²) in [5.41, 5.74) is 2.01. The van der Waals surface area contributed by atoms with Crippen molar-refractivity contribution in [2.75, 3.05) is 24.5 Å². The second-order valence-corrected chi connectivity index (χ2v) is 7.79. The predicted molar refractivity (Wildman–Crippen MR) is 112 cm³/mol. The number of aliphatic hydroxyl groups is 1. The molecule has 1 aliphatic rings. The highest BCUT2D eigenvalue weighted by Crippen LogP contribution is 2.35. The molecule has 1 aliphatic heterocycles. The third kappa shape index (κ3) is 3.78. The normalized spacial score (nSPS) is 18.6. The molecular weight excluding hydrogens is 358 g/mol. The van der Waals surface area contributed by atoms with E-state index in [9.17, 15) is 5.11 Å². The van der Waals surface area contributed by atoms with Crippen LogP contribution in [0, 0.1) is 0 Å². The summed E-state index contributed by atoms with van der Waals surface area (Å²) in [7, 11) is 0. The third-order valence-corrected chi connectivity index (χ3v) is 5.89. The van der Waals surface area contributed by atoms with Crippen LogP contribution >= 0.6 is 11.3 Å². The summed E-state index contributed by atoms with van der Waals surface area (Å²) in [5.74, 6) is 1.74. The number of aliphatic hydroxyl groups excluding tert-OH is 1. The Morgan fingerprint density at radius 2 is 2.15 bits per heavy atom. The summed E-state index contributed by atoms with van der Waals surface area (Å²) < 4.78 is 6.59. The number of hydrogen-bond acceptors (Lipinski definition) is 6. The second kappa shape index (κ2) is 7.84. The monoisotopic (exact) mass is 383 g/mol. The first-order valence-electron chi connectivity index (χ1n) is 9.46. The standard InChI is InChI=1S/C21H25N3O2S/c1-3-17-13-22-9-10-24(17)21-20-16(8-11-27-20)12-19(23-21)15-4-6-18(7-5-15)26-14(2)25/h4-8,11-12,14,17,22,25H,3,9-10,13H2,1-2H3. The minimum atomic E-state index is -0.818. The molecule has 0 amide bonds. The Balaban J connectivity index is 1.74. The fourth-order valence-corrected chi connectivity index (χ4v) is 4.49. The Morgan fingerprint density at radius 3 is 2.89 bits per heavy atom. The van der Waals surface area contributed by atoms with Gasteiger partial charge < -0.3 is 20.1 Å². The lowest BCUT2D eigenvalue weighted by Crippen LogP contribution is -2.51. The van der Waals surface area contributed by atoms with Crippen LogP contribution in [0.4, 0.5) is 5.82 Å². The van der Waals surface area contributed by atoms with Crippen LogP contribution in [0.3, 0.4) is 0 Å². The molecule has 27 heavy (non-hydrogen) atoms. The van der Waals surface area contributed by atoms with Crippen molar-refractivity contribution in [3.05, 3.63) is 41.8 Å². The van der Waals surface area contributed by atoms with Crippen molar-refractivity contribution in [3.63, 3.8) is 0 Å². The van der Waals surface area contributed by atoms with Crippen molar-refractivity contribution >= 4 is 27.2 Å². The molecule has 2 N–H and O–H groups in total. The van der Waals surface area contributed by atoms with Gasteiger partial charge in [-0.1, -0.05) is 6.92 Å². The topological polar surface area (TPSA) is 57.6 Å². The number of nitrogens with zero attached hydrogens (tertiary/aromatic N) is 2. The van der Waals surface area contributed by atoms with Gasteiger partial charge in [-0.05, 0) is 60.5 Å². The summed E-state index contributed by atoms with van der Waals surface area (Å²) in [4.78, 5) is 7.54. The molecule has 0 aliphatic carbocycles. The summed E-state index contributed by atoms with van der Waals surface area (Å²) in [6.45, 7) is 6.80. The van der Waals surface area contributed by atoms with E-state index in [4.69, 9.17) is 9.72 Å². The van der Waals surface area contributed by atoms with Crippen LogP contribution in [0.5, 0.6) is 5.75 Å². The molecule has 2 aromatic heterocycles. The number of nitrogens with one attached hydrogen (secondary N) is 1. The number of fused-ring (bicyclic) bond motifs is 1. The van der Waals surface area contributed by atoms with E-state index in [2.05, 4.69) is 34.7 Å². The maximum absolute atomic E-state index is 9.37. The number of ether oxygens (including phenoxy) is 1. The Hall–Kier alpha value is -2.15. The fourth-order valence-electron chi connectivity index (χ4n) is 3.61. The van der Waals surface area contributed by atoms with Crippen molar-refractivity contribution in [2.45, 2.75) is 32.6 Å². The molecular formula is C21H25N3O2S. The summed E-state index contributed by atoms with van der Waals surface area (Å²) in [6.07, 6.45) is 0.276. The number of benzene rings is 1. The van der Waals surface area contributed by atoms with Crippen molar-refractivity contribution in [2.24, 2.45) is 0 Å². The number of anilines is 1. The van der Waals surface area contributed by atoms with Crippen LogP contribution in [0.1, 0.15) is 20.3 Å². The molecule has 3 heterocycles. The van der Waals surface area contributed by atoms with Crippen molar-refractivity contribution in [1.29, 1.82) is 0 Å². The highest BCUT2D eigenvalue weighted by atomic mass is 32.1. The first-order valence-corrected chi connectivity index (χ1v) is 10.3.